The Morgan fingerprint density at radius 2 is 1.75 bits per heavy atom. The molecule has 2 aliphatic rings. The first-order valence-electron chi connectivity index (χ1n) is 12.4. The van der Waals surface area contributed by atoms with E-state index in [-0.39, 0.29) is 23.1 Å². The molecule has 2 amide bonds. The highest BCUT2D eigenvalue weighted by Gasteiger charge is 2.34. The molecule has 2 fully saturated rings. The van der Waals surface area contributed by atoms with Gasteiger partial charge in [-0.2, -0.15) is 4.31 Å². The monoisotopic (exact) mass is 514 g/mol. The number of carbonyl (C=O) groups excluding carboxylic acids is 2. The molecule has 9 nitrogen and oxygen atoms in total. The van der Waals surface area contributed by atoms with E-state index >= 15 is 0 Å². The summed E-state index contributed by atoms with van der Waals surface area (Å²) >= 11 is 0. The molecule has 1 unspecified atom stereocenters. The van der Waals surface area contributed by atoms with Gasteiger partial charge in [-0.15, -0.1) is 0 Å². The molecule has 0 aliphatic carbocycles. The maximum absolute atomic E-state index is 13.2. The van der Waals surface area contributed by atoms with Gasteiger partial charge in [-0.3, -0.25) is 9.59 Å². The van der Waals surface area contributed by atoms with Crippen LogP contribution in [0.4, 0.5) is 11.4 Å². The van der Waals surface area contributed by atoms with Gasteiger partial charge in [-0.25, -0.2) is 8.42 Å². The molecule has 0 saturated carbocycles. The number of methoxy groups -OCH3 is 1. The third-order valence-corrected chi connectivity index (χ3v) is 8.70. The predicted octanol–water partition coefficient (Wildman–Crippen LogP) is 2.79. The van der Waals surface area contributed by atoms with Gasteiger partial charge in [0.25, 0.3) is 0 Å². The third kappa shape index (κ3) is 5.65. The second-order valence-electron chi connectivity index (χ2n) is 9.17. The summed E-state index contributed by atoms with van der Waals surface area (Å²) < 4.78 is 33.3. The largest absolute Gasteiger partial charge is 0.495 e. The molecule has 0 aromatic heterocycles. The number of para-hydroxylation sites is 2. The molecule has 4 rings (SSSR count). The number of unbranched alkanes of at least 4 members (excludes halogenated alkanes) is 1. The number of piperazine rings is 1. The number of ether oxygens (including phenoxy) is 1. The number of amides is 2. The molecule has 36 heavy (non-hydrogen) atoms. The summed E-state index contributed by atoms with van der Waals surface area (Å²) in [7, 11) is -2.03. The Balaban J connectivity index is 1.34. The Labute approximate surface area is 213 Å². The van der Waals surface area contributed by atoms with Gasteiger partial charge < -0.3 is 19.9 Å². The Hall–Kier alpha value is -3.11. The van der Waals surface area contributed by atoms with Crippen LogP contribution in [0.1, 0.15) is 26.2 Å². The molecule has 2 heterocycles. The quantitative estimate of drug-likeness (QED) is 0.553. The van der Waals surface area contributed by atoms with E-state index in [4.69, 9.17) is 4.74 Å². The number of anilines is 2. The normalized spacial score (nSPS) is 18.9. The van der Waals surface area contributed by atoms with Crippen molar-refractivity contribution in [2.45, 2.75) is 31.1 Å². The number of carbonyl (C=O) groups is 2. The van der Waals surface area contributed by atoms with Crippen LogP contribution in [0.3, 0.4) is 0 Å². The van der Waals surface area contributed by atoms with Gasteiger partial charge in [0, 0.05) is 51.4 Å². The molecule has 2 aromatic carbocycles. The highest BCUT2D eigenvalue weighted by atomic mass is 32.2. The fourth-order valence-electron chi connectivity index (χ4n) is 4.68. The van der Waals surface area contributed by atoms with Gasteiger partial charge in [0.2, 0.25) is 21.8 Å². The Morgan fingerprint density at radius 3 is 2.42 bits per heavy atom. The van der Waals surface area contributed by atoms with Crippen LogP contribution >= 0.6 is 0 Å². The average molecular weight is 515 g/mol. The Bertz CT molecular complexity index is 1180. The average Bonchev–Trinajstić information content (AvgIpc) is 3.28. The lowest BCUT2D eigenvalue weighted by molar-refractivity contribution is -0.128. The van der Waals surface area contributed by atoms with Gasteiger partial charge in [0.15, 0.2) is 0 Å². The molecule has 1 N–H and O–H groups in total. The first kappa shape index (κ1) is 26.0. The fraction of sp³-hybridized carbons (Fsp3) is 0.462. The van der Waals surface area contributed by atoms with Gasteiger partial charge in [-0.05, 0) is 42.8 Å². The maximum atomic E-state index is 13.2. The zero-order valence-electron chi connectivity index (χ0n) is 20.9. The van der Waals surface area contributed by atoms with Crippen molar-refractivity contribution in [3.05, 3.63) is 48.5 Å². The zero-order valence-corrected chi connectivity index (χ0v) is 21.7. The van der Waals surface area contributed by atoms with Crippen LogP contribution < -0.4 is 15.0 Å². The fourth-order valence-corrected chi connectivity index (χ4v) is 6.10. The van der Waals surface area contributed by atoms with Gasteiger partial charge in [-0.1, -0.05) is 25.5 Å². The molecule has 2 aliphatic heterocycles. The minimum Gasteiger partial charge on any atom is -0.495 e. The van der Waals surface area contributed by atoms with Gasteiger partial charge in [0.1, 0.15) is 5.75 Å². The standard InChI is InChI=1S/C26H34N4O5S/c1-3-4-13-29-19-20(18-25(29)31)26(32)27-21-9-11-22(12-10-21)36(33,34)30-16-14-28(15-17-30)23-7-5-6-8-24(23)35-2/h5-12,20H,3-4,13-19H2,1-2H3,(H,27,32). The predicted molar refractivity (Wildman–Crippen MR) is 139 cm³/mol. The Morgan fingerprint density at radius 1 is 1.06 bits per heavy atom. The molecular weight excluding hydrogens is 480 g/mol. The number of hydrogen-bond donors (Lipinski definition) is 1. The van der Waals surface area contributed by atoms with Crippen LogP contribution in [0, 0.1) is 5.92 Å². The summed E-state index contributed by atoms with van der Waals surface area (Å²) in [6, 6.07) is 13.9. The summed E-state index contributed by atoms with van der Waals surface area (Å²) in [6.45, 7) is 5.02. The van der Waals surface area contributed by atoms with E-state index in [1.54, 1.807) is 24.1 Å². The van der Waals surface area contributed by atoms with E-state index < -0.39 is 15.9 Å². The lowest BCUT2D eigenvalue weighted by atomic mass is 10.1. The van der Waals surface area contributed by atoms with Crippen molar-refractivity contribution in [1.82, 2.24) is 9.21 Å². The van der Waals surface area contributed by atoms with E-state index in [0.717, 1.165) is 24.3 Å². The minimum absolute atomic E-state index is 0.0100. The topological polar surface area (TPSA) is 99.3 Å². The SMILES string of the molecule is CCCCN1CC(C(=O)Nc2ccc(S(=O)(=O)N3CCN(c4ccccc4OC)CC3)cc2)CC1=O. The van der Waals surface area contributed by atoms with Crippen molar-refractivity contribution in [2.24, 2.45) is 5.92 Å². The molecule has 2 aromatic rings. The number of nitrogens with one attached hydrogen (secondary N) is 1. The van der Waals surface area contributed by atoms with Crippen molar-refractivity contribution in [1.29, 1.82) is 0 Å². The zero-order chi connectivity index (χ0) is 25.7. The van der Waals surface area contributed by atoms with Crippen molar-refractivity contribution in [3.8, 4) is 5.75 Å². The second kappa shape index (κ2) is 11.3. The molecule has 1 atom stereocenters. The lowest BCUT2D eigenvalue weighted by Gasteiger charge is -2.35. The van der Waals surface area contributed by atoms with E-state index in [9.17, 15) is 18.0 Å². The summed E-state index contributed by atoms with van der Waals surface area (Å²) in [6.07, 6.45) is 2.13. The van der Waals surface area contributed by atoms with Crippen LogP contribution in [0.25, 0.3) is 0 Å². The number of likely N-dealkylation sites (tertiary alicyclic amines) is 1. The van der Waals surface area contributed by atoms with Crippen LogP contribution in [0.5, 0.6) is 5.75 Å². The summed E-state index contributed by atoms with van der Waals surface area (Å²) in [5, 5.41) is 2.83. The molecule has 0 radical (unpaired) electrons. The number of sulfonamides is 1. The summed E-state index contributed by atoms with van der Waals surface area (Å²) in [5.41, 5.74) is 1.47. The first-order chi connectivity index (χ1) is 17.3. The van der Waals surface area contributed by atoms with E-state index in [1.807, 2.05) is 24.3 Å². The van der Waals surface area contributed by atoms with Crippen molar-refractivity contribution in [2.75, 3.05) is 56.6 Å². The minimum atomic E-state index is -3.66. The first-order valence-corrected chi connectivity index (χ1v) is 13.8. The van der Waals surface area contributed by atoms with Crippen LogP contribution in [0.2, 0.25) is 0 Å². The Kier molecular flexibility index (Phi) is 8.15. The number of rotatable bonds is 9. The lowest BCUT2D eigenvalue weighted by Crippen LogP contribution is -2.48. The molecule has 0 bridgehead atoms. The van der Waals surface area contributed by atoms with Crippen molar-refractivity contribution < 1.29 is 22.7 Å². The van der Waals surface area contributed by atoms with Crippen LogP contribution in [-0.2, 0) is 19.6 Å². The number of benzene rings is 2. The molecule has 0 spiro atoms. The molecule has 194 valence electrons. The summed E-state index contributed by atoms with van der Waals surface area (Å²) in [4.78, 5) is 28.9. The number of nitrogens with zero attached hydrogens (tertiary/aromatic N) is 3. The van der Waals surface area contributed by atoms with Crippen molar-refractivity contribution >= 4 is 33.2 Å². The second-order valence-corrected chi connectivity index (χ2v) is 11.1. The highest BCUT2D eigenvalue weighted by molar-refractivity contribution is 7.89. The van der Waals surface area contributed by atoms with Gasteiger partial charge >= 0.3 is 0 Å². The van der Waals surface area contributed by atoms with Crippen LogP contribution in [0.15, 0.2) is 53.4 Å². The maximum Gasteiger partial charge on any atom is 0.243 e. The van der Waals surface area contributed by atoms with Gasteiger partial charge in [0.05, 0.1) is 23.6 Å². The van der Waals surface area contributed by atoms with E-state index in [0.29, 0.717) is 45.0 Å². The number of hydrogen-bond acceptors (Lipinski definition) is 6. The smallest absolute Gasteiger partial charge is 0.243 e. The molecule has 2 saturated heterocycles. The van der Waals surface area contributed by atoms with Crippen LogP contribution in [-0.4, -0.2) is 75.8 Å². The van der Waals surface area contributed by atoms with E-state index in [1.165, 1.54) is 16.4 Å². The third-order valence-electron chi connectivity index (χ3n) is 6.79. The van der Waals surface area contributed by atoms with Crippen molar-refractivity contribution in [3.63, 3.8) is 0 Å². The van der Waals surface area contributed by atoms with E-state index in [2.05, 4.69) is 17.1 Å². The summed E-state index contributed by atoms with van der Waals surface area (Å²) in [5.74, 6) is 0.167. The molecule has 10 heteroatoms. The molecular formula is C26H34N4O5S. The highest BCUT2D eigenvalue weighted by Crippen LogP contribution is 2.29.